The molecule has 1 amide bonds. The van der Waals surface area contributed by atoms with Crippen LogP contribution in [0.1, 0.15) is 44.4 Å². The molecule has 0 saturated heterocycles. The minimum absolute atomic E-state index is 0.162. The van der Waals surface area contributed by atoms with Crippen molar-refractivity contribution < 1.29 is 9.53 Å². The second-order valence-electron chi connectivity index (χ2n) is 8.40. The average Bonchev–Trinajstić information content (AvgIpc) is 3.33. The number of amides is 1. The molecular formula is C29H40N4O2. The smallest absolute Gasteiger partial charge is 0.230 e. The van der Waals surface area contributed by atoms with Gasteiger partial charge in [-0.25, -0.2) is 0 Å². The number of nitrogens with zero attached hydrogens (tertiary/aromatic N) is 1. The van der Waals surface area contributed by atoms with Crippen molar-refractivity contribution in [2.75, 3.05) is 33.3 Å². The molecule has 0 bridgehead atoms. The van der Waals surface area contributed by atoms with Crippen molar-refractivity contribution in [2.45, 2.75) is 40.7 Å². The molecule has 6 heteroatoms. The van der Waals surface area contributed by atoms with Crippen LogP contribution in [0.2, 0.25) is 0 Å². The third kappa shape index (κ3) is 6.25. The van der Waals surface area contributed by atoms with E-state index in [1.807, 2.05) is 44.7 Å². The molecule has 1 atom stereocenters. The number of carbonyl (C=O) groups excluding carboxylic acids is 1. The minimum atomic E-state index is -0.242. The lowest BCUT2D eigenvalue weighted by molar-refractivity contribution is -0.133. The number of methoxy groups -OCH3 is 1. The standard InChI is InChI=1S/C27H34N4O2.C2H6/c1-4-31(5-2)27(32)20(16-28-13-12-19-8-6-9-22(14-19)33-3)15-25-23-10-7-11-24-26(23)21(17-29-24)18-30-25;1-2/h6-11,14-15,17,20,28-30H,4-5,12-13,16,18H2,1-3H3;1-2H3/b25-15-;. The molecule has 0 fully saturated rings. The van der Waals surface area contributed by atoms with E-state index >= 15 is 0 Å². The maximum absolute atomic E-state index is 13.4. The van der Waals surface area contributed by atoms with Crippen molar-refractivity contribution in [1.29, 1.82) is 0 Å². The van der Waals surface area contributed by atoms with Crippen LogP contribution in [0.15, 0.2) is 54.7 Å². The normalized spacial score (nSPS) is 14.1. The zero-order valence-electron chi connectivity index (χ0n) is 21.8. The van der Waals surface area contributed by atoms with E-state index in [0.29, 0.717) is 19.6 Å². The first-order chi connectivity index (χ1) is 17.1. The molecule has 1 aromatic heterocycles. The highest BCUT2D eigenvalue weighted by molar-refractivity contribution is 5.97. The topological polar surface area (TPSA) is 69.4 Å². The largest absolute Gasteiger partial charge is 0.497 e. The summed E-state index contributed by atoms with van der Waals surface area (Å²) in [6.45, 7) is 11.6. The van der Waals surface area contributed by atoms with E-state index in [4.69, 9.17) is 4.74 Å². The second-order valence-corrected chi connectivity index (χ2v) is 8.40. The van der Waals surface area contributed by atoms with Crippen LogP contribution in [0, 0.1) is 5.92 Å². The van der Waals surface area contributed by atoms with Crippen molar-refractivity contribution in [3.05, 3.63) is 71.4 Å². The highest BCUT2D eigenvalue weighted by Gasteiger charge is 2.24. The second kappa shape index (κ2) is 13.0. The van der Waals surface area contributed by atoms with Gasteiger partial charge in [-0.2, -0.15) is 0 Å². The lowest BCUT2D eigenvalue weighted by Crippen LogP contribution is -2.40. The zero-order chi connectivity index (χ0) is 25.2. The molecule has 0 saturated carbocycles. The van der Waals surface area contributed by atoms with Crippen LogP contribution in [0.4, 0.5) is 0 Å². The highest BCUT2D eigenvalue weighted by atomic mass is 16.5. The highest BCUT2D eigenvalue weighted by Crippen LogP contribution is 2.31. The maximum Gasteiger partial charge on any atom is 0.230 e. The molecule has 188 valence electrons. The van der Waals surface area contributed by atoms with E-state index in [1.165, 1.54) is 16.5 Å². The van der Waals surface area contributed by atoms with Gasteiger partial charge in [0, 0.05) is 54.5 Å². The molecular weight excluding hydrogens is 436 g/mol. The molecule has 1 aliphatic rings. The number of carbonyl (C=O) groups is 1. The predicted octanol–water partition coefficient (Wildman–Crippen LogP) is 4.96. The monoisotopic (exact) mass is 476 g/mol. The Morgan fingerprint density at radius 3 is 2.69 bits per heavy atom. The first-order valence-corrected chi connectivity index (χ1v) is 12.8. The molecule has 1 aliphatic heterocycles. The van der Waals surface area contributed by atoms with Crippen LogP contribution < -0.4 is 15.4 Å². The van der Waals surface area contributed by atoms with E-state index in [1.54, 1.807) is 7.11 Å². The number of aromatic nitrogens is 1. The summed E-state index contributed by atoms with van der Waals surface area (Å²) < 4.78 is 5.32. The molecule has 35 heavy (non-hydrogen) atoms. The maximum atomic E-state index is 13.4. The molecule has 2 aromatic carbocycles. The lowest BCUT2D eigenvalue weighted by atomic mass is 9.96. The lowest BCUT2D eigenvalue weighted by Gasteiger charge is -2.26. The van der Waals surface area contributed by atoms with E-state index in [2.05, 4.69) is 58.2 Å². The SMILES string of the molecule is CC.CCN(CC)C(=O)C(/C=C1\NCc2c[nH]c3cccc1c23)CNCCc1cccc(OC)c1. The predicted molar refractivity (Wildman–Crippen MR) is 145 cm³/mol. The van der Waals surface area contributed by atoms with Gasteiger partial charge in [0.05, 0.1) is 13.0 Å². The molecule has 2 heterocycles. The number of ether oxygens (including phenoxy) is 1. The number of H-pyrrole nitrogens is 1. The van der Waals surface area contributed by atoms with Gasteiger partial charge in [0.25, 0.3) is 0 Å². The summed E-state index contributed by atoms with van der Waals surface area (Å²) in [5, 5.41) is 8.31. The van der Waals surface area contributed by atoms with Gasteiger partial charge in [-0.1, -0.05) is 38.1 Å². The summed E-state index contributed by atoms with van der Waals surface area (Å²) in [5.74, 6) is 0.789. The number of benzene rings is 2. The first-order valence-electron chi connectivity index (χ1n) is 12.8. The Hall–Kier alpha value is -3.25. The van der Waals surface area contributed by atoms with Gasteiger partial charge in [0.1, 0.15) is 5.75 Å². The Bertz CT molecular complexity index is 1130. The fraction of sp³-hybridized carbons (Fsp3) is 0.414. The Morgan fingerprint density at radius 2 is 1.94 bits per heavy atom. The average molecular weight is 477 g/mol. The van der Waals surface area contributed by atoms with E-state index in [-0.39, 0.29) is 11.8 Å². The quantitative estimate of drug-likeness (QED) is 0.362. The number of rotatable bonds is 10. The Morgan fingerprint density at radius 1 is 1.17 bits per heavy atom. The third-order valence-corrected chi connectivity index (χ3v) is 6.40. The van der Waals surface area contributed by atoms with Crippen molar-refractivity contribution in [1.82, 2.24) is 20.5 Å². The molecule has 6 nitrogen and oxygen atoms in total. The van der Waals surface area contributed by atoms with E-state index < -0.39 is 0 Å². The van der Waals surface area contributed by atoms with Crippen LogP contribution in [0.3, 0.4) is 0 Å². The van der Waals surface area contributed by atoms with Crippen LogP contribution >= 0.6 is 0 Å². The summed E-state index contributed by atoms with van der Waals surface area (Å²) >= 11 is 0. The Kier molecular flexibility index (Phi) is 9.79. The number of nitrogens with one attached hydrogen (secondary N) is 3. The minimum Gasteiger partial charge on any atom is -0.497 e. The van der Waals surface area contributed by atoms with Gasteiger partial charge in [-0.05, 0) is 62.2 Å². The number of hydrogen-bond acceptors (Lipinski definition) is 4. The summed E-state index contributed by atoms with van der Waals surface area (Å²) in [7, 11) is 1.69. The first kappa shape index (κ1) is 26.4. The van der Waals surface area contributed by atoms with Gasteiger partial charge in [0.15, 0.2) is 0 Å². The Balaban J connectivity index is 0.00000167. The third-order valence-electron chi connectivity index (χ3n) is 6.40. The van der Waals surface area contributed by atoms with Crippen molar-refractivity contribution >= 4 is 22.5 Å². The molecule has 0 spiro atoms. The van der Waals surface area contributed by atoms with Crippen LogP contribution in [-0.4, -0.2) is 49.1 Å². The van der Waals surface area contributed by atoms with Gasteiger partial charge in [-0.3, -0.25) is 4.79 Å². The molecule has 3 aromatic rings. The summed E-state index contributed by atoms with van der Waals surface area (Å²) in [4.78, 5) is 18.6. The van der Waals surface area contributed by atoms with Crippen molar-refractivity contribution in [3.63, 3.8) is 0 Å². The van der Waals surface area contributed by atoms with Crippen molar-refractivity contribution in [2.24, 2.45) is 5.92 Å². The number of aromatic amines is 1. The summed E-state index contributed by atoms with van der Waals surface area (Å²) in [5.41, 5.74) is 5.81. The Labute approximate surface area is 209 Å². The van der Waals surface area contributed by atoms with E-state index in [0.717, 1.165) is 42.0 Å². The molecule has 0 aliphatic carbocycles. The fourth-order valence-corrected chi connectivity index (χ4v) is 4.56. The van der Waals surface area contributed by atoms with Gasteiger partial charge in [-0.15, -0.1) is 0 Å². The molecule has 1 unspecified atom stereocenters. The molecule has 0 radical (unpaired) electrons. The van der Waals surface area contributed by atoms with Gasteiger partial charge < -0.3 is 25.3 Å². The van der Waals surface area contributed by atoms with Crippen LogP contribution in [0.5, 0.6) is 5.75 Å². The van der Waals surface area contributed by atoms with E-state index in [9.17, 15) is 4.79 Å². The zero-order valence-corrected chi connectivity index (χ0v) is 21.8. The van der Waals surface area contributed by atoms with Crippen LogP contribution in [-0.2, 0) is 17.8 Å². The van der Waals surface area contributed by atoms with Crippen LogP contribution in [0.25, 0.3) is 16.6 Å². The molecule has 4 rings (SSSR count). The van der Waals surface area contributed by atoms with Gasteiger partial charge in [0.2, 0.25) is 5.91 Å². The summed E-state index contributed by atoms with van der Waals surface area (Å²) in [6.07, 6.45) is 5.06. The molecule has 3 N–H and O–H groups in total. The van der Waals surface area contributed by atoms with Crippen molar-refractivity contribution in [3.8, 4) is 5.75 Å². The van der Waals surface area contributed by atoms with Gasteiger partial charge >= 0.3 is 0 Å². The number of hydrogen-bond donors (Lipinski definition) is 3. The fourth-order valence-electron chi connectivity index (χ4n) is 4.56. The summed E-state index contributed by atoms with van der Waals surface area (Å²) in [6, 6.07) is 14.4.